The van der Waals surface area contributed by atoms with Gasteiger partial charge in [-0.1, -0.05) is 26.7 Å². The summed E-state index contributed by atoms with van der Waals surface area (Å²) < 4.78 is 0. The molecule has 1 aliphatic heterocycles. The molecule has 120 valence electrons. The first-order valence-electron chi connectivity index (χ1n) is 8.76. The minimum Gasteiger partial charge on any atom is -0.312 e. The Kier molecular flexibility index (Phi) is 7.53. The van der Waals surface area contributed by atoms with E-state index in [0.717, 1.165) is 0 Å². The van der Waals surface area contributed by atoms with Crippen LogP contribution in [-0.4, -0.2) is 36.6 Å². The van der Waals surface area contributed by atoms with Gasteiger partial charge < -0.3 is 10.2 Å². The quantitative estimate of drug-likeness (QED) is 0.694. The first-order valence-corrected chi connectivity index (χ1v) is 8.76. The highest BCUT2D eigenvalue weighted by atomic mass is 15.1. The van der Waals surface area contributed by atoms with E-state index in [-0.39, 0.29) is 5.54 Å². The largest absolute Gasteiger partial charge is 0.312 e. The third-order valence-corrected chi connectivity index (χ3v) is 4.49. The summed E-state index contributed by atoms with van der Waals surface area (Å²) in [5, 5.41) is 3.57. The van der Waals surface area contributed by atoms with Crippen LogP contribution in [-0.2, 0) is 0 Å². The minimum absolute atomic E-state index is 0.277. The number of nitrogens with zero attached hydrogens (tertiary/aromatic N) is 1. The number of nitrogens with one attached hydrogen (secondary N) is 1. The number of hydrogen-bond donors (Lipinski definition) is 1. The average Bonchev–Trinajstić information content (AvgIpc) is 2.48. The summed E-state index contributed by atoms with van der Waals surface area (Å²) in [6.07, 6.45) is 9.65. The van der Waals surface area contributed by atoms with Crippen molar-refractivity contribution in [3.05, 3.63) is 0 Å². The SMILES string of the molecule is CC1(C)CCCN(CCCCCCNC(C)(C)C)CC1. The Morgan fingerprint density at radius 1 is 0.950 bits per heavy atom. The first kappa shape index (κ1) is 18.0. The monoisotopic (exact) mass is 282 g/mol. The van der Waals surface area contributed by atoms with Crippen LogP contribution in [0.2, 0.25) is 0 Å². The molecule has 0 saturated carbocycles. The lowest BCUT2D eigenvalue weighted by Crippen LogP contribution is -2.36. The van der Waals surface area contributed by atoms with E-state index < -0.39 is 0 Å². The van der Waals surface area contributed by atoms with Crippen molar-refractivity contribution < 1.29 is 0 Å². The molecule has 0 aromatic heterocycles. The summed E-state index contributed by atoms with van der Waals surface area (Å²) in [5.74, 6) is 0. The van der Waals surface area contributed by atoms with E-state index in [1.165, 1.54) is 71.1 Å². The van der Waals surface area contributed by atoms with Crippen molar-refractivity contribution in [2.24, 2.45) is 5.41 Å². The molecule has 2 heteroatoms. The minimum atomic E-state index is 0.277. The van der Waals surface area contributed by atoms with Gasteiger partial charge in [-0.15, -0.1) is 0 Å². The van der Waals surface area contributed by atoms with Crippen LogP contribution in [0.25, 0.3) is 0 Å². The van der Waals surface area contributed by atoms with Crippen LogP contribution >= 0.6 is 0 Å². The van der Waals surface area contributed by atoms with E-state index in [1.807, 2.05) is 0 Å². The van der Waals surface area contributed by atoms with Gasteiger partial charge in [-0.05, 0) is 84.5 Å². The van der Waals surface area contributed by atoms with Gasteiger partial charge in [0.1, 0.15) is 0 Å². The Morgan fingerprint density at radius 3 is 2.35 bits per heavy atom. The molecule has 0 aromatic rings. The Hall–Kier alpha value is -0.0800. The second-order valence-electron chi connectivity index (χ2n) is 8.45. The fourth-order valence-electron chi connectivity index (χ4n) is 2.98. The normalized spacial score (nSPS) is 20.9. The number of likely N-dealkylation sites (tertiary alicyclic amines) is 1. The van der Waals surface area contributed by atoms with Crippen LogP contribution in [0.3, 0.4) is 0 Å². The lowest BCUT2D eigenvalue weighted by atomic mass is 9.85. The lowest BCUT2D eigenvalue weighted by molar-refractivity contribution is 0.257. The Bertz CT molecular complexity index is 253. The Labute approximate surface area is 127 Å². The Morgan fingerprint density at radius 2 is 1.65 bits per heavy atom. The van der Waals surface area contributed by atoms with E-state index >= 15 is 0 Å². The first-order chi connectivity index (χ1) is 9.29. The fraction of sp³-hybridized carbons (Fsp3) is 1.00. The van der Waals surface area contributed by atoms with Gasteiger partial charge in [0.25, 0.3) is 0 Å². The molecule has 2 nitrogen and oxygen atoms in total. The van der Waals surface area contributed by atoms with Crippen LogP contribution in [0.1, 0.15) is 79.6 Å². The van der Waals surface area contributed by atoms with E-state index in [4.69, 9.17) is 0 Å². The molecule has 0 bridgehead atoms. The van der Waals surface area contributed by atoms with Crippen LogP contribution in [0.4, 0.5) is 0 Å². The van der Waals surface area contributed by atoms with Crippen molar-refractivity contribution >= 4 is 0 Å². The van der Waals surface area contributed by atoms with Crippen molar-refractivity contribution in [2.45, 2.75) is 85.1 Å². The number of rotatable bonds is 7. The van der Waals surface area contributed by atoms with Crippen molar-refractivity contribution in [1.82, 2.24) is 10.2 Å². The summed E-state index contributed by atoms with van der Waals surface area (Å²) in [6, 6.07) is 0. The topological polar surface area (TPSA) is 15.3 Å². The maximum Gasteiger partial charge on any atom is 0.00965 e. The third kappa shape index (κ3) is 8.97. The van der Waals surface area contributed by atoms with E-state index in [0.29, 0.717) is 5.41 Å². The molecule has 0 amide bonds. The summed E-state index contributed by atoms with van der Waals surface area (Å²) in [4.78, 5) is 2.70. The molecule has 0 spiro atoms. The zero-order valence-electron chi connectivity index (χ0n) is 14.7. The van der Waals surface area contributed by atoms with Gasteiger partial charge in [-0.3, -0.25) is 0 Å². The van der Waals surface area contributed by atoms with Gasteiger partial charge in [0.2, 0.25) is 0 Å². The van der Waals surface area contributed by atoms with Crippen LogP contribution < -0.4 is 5.32 Å². The average molecular weight is 283 g/mol. The molecule has 1 rings (SSSR count). The summed E-state index contributed by atoms with van der Waals surface area (Å²) >= 11 is 0. The van der Waals surface area contributed by atoms with Crippen molar-refractivity contribution in [2.75, 3.05) is 26.2 Å². The maximum absolute atomic E-state index is 3.57. The summed E-state index contributed by atoms with van der Waals surface area (Å²) in [6.45, 7) is 16.7. The van der Waals surface area contributed by atoms with Gasteiger partial charge in [0.15, 0.2) is 0 Å². The second kappa shape index (κ2) is 8.38. The fourth-order valence-corrected chi connectivity index (χ4v) is 2.98. The molecule has 1 heterocycles. The van der Waals surface area contributed by atoms with Crippen molar-refractivity contribution in [3.8, 4) is 0 Å². The molecular formula is C18H38N2. The standard InChI is InChI=1S/C18H38N2/c1-17(2,3)19-13-8-6-7-9-14-20-15-10-11-18(4,5)12-16-20/h19H,6-16H2,1-5H3. The van der Waals surface area contributed by atoms with Gasteiger partial charge in [0, 0.05) is 5.54 Å². The predicted octanol–water partition coefficient (Wildman–Crippen LogP) is 4.45. The highest BCUT2D eigenvalue weighted by Crippen LogP contribution is 2.29. The summed E-state index contributed by atoms with van der Waals surface area (Å²) in [7, 11) is 0. The zero-order valence-corrected chi connectivity index (χ0v) is 14.7. The second-order valence-corrected chi connectivity index (χ2v) is 8.45. The molecular weight excluding hydrogens is 244 g/mol. The molecule has 1 aliphatic rings. The molecule has 0 atom stereocenters. The van der Waals surface area contributed by atoms with Crippen LogP contribution in [0.15, 0.2) is 0 Å². The van der Waals surface area contributed by atoms with Crippen LogP contribution in [0.5, 0.6) is 0 Å². The highest BCUT2D eigenvalue weighted by Gasteiger charge is 2.22. The molecule has 0 unspecified atom stereocenters. The maximum atomic E-state index is 3.57. The highest BCUT2D eigenvalue weighted by molar-refractivity contribution is 4.76. The van der Waals surface area contributed by atoms with Gasteiger partial charge >= 0.3 is 0 Å². The van der Waals surface area contributed by atoms with E-state index in [2.05, 4.69) is 44.8 Å². The molecule has 1 fully saturated rings. The lowest BCUT2D eigenvalue weighted by Gasteiger charge is -2.23. The number of unbranched alkanes of at least 4 members (excludes halogenated alkanes) is 3. The molecule has 1 saturated heterocycles. The molecule has 0 radical (unpaired) electrons. The molecule has 1 N–H and O–H groups in total. The zero-order chi connectivity index (χ0) is 15.1. The molecule has 0 aromatic carbocycles. The van der Waals surface area contributed by atoms with Gasteiger partial charge in [-0.25, -0.2) is 0 Å². The van der Waals surface area contributed by atoms with Gasteiger partial charge in [-0.2, -0.15) is 0 Å². The summed E-state index contributed by atoms with van der Waals surface area (Å²) in [5.41, 5.74) is 0.853. The van der Waals surface area contributed by atoms with E-state index in [1.54, 1.807) is 0 Å². The van der Waals surface area contributed by atoms with Crippen molar-refractivity contribution in [3.63, 3.8) is 0 Å². The van der Waals surface area contributed by atoms with Crippen molar-refractivity contribution in [1.29, 1.82) is 0 Å². The number of hydrogen-bond acceptors (Lipinski definition) is 2. The predicted molar refractivity (Wildman–Crippen MR) is 90.3 cm³/mol. The molecule has 0 aliphatic carbocycles. The van der Waals surface area contributed by atoms with E-state index in [9.17, 15) is 0 Å². The Balaban J connectivity index is 1.99. The molecule has 20 heavy (non-hydrogen) atoms. The van der Waals surface area contributed by atoms with Crippen LogP contribution in [0, 0.1) is 5.41 Å². The third-order valence-electron chi connectivity index (χ3n) is 4.49. The van der Waals surface area contributed by atoms with Gasteiger partial charge in [0.05, 0.1) is 0 Å². The smallest absolute Gasteiger partial charge is 0.00965 e.